The minimum absolute atomic E-state index is 0. The second-order valence-electron chi connectivity index (χ2n) is 5.65. The minimum Gasteiger partial charge on any atom is -0.348 e. The lowest BCUT2D eigenvalue weighted by Crippen LogP contribution is -2.35. The van der Waals surface area contributed by atoms with E-state index in [-0.39, 0.29) is 24.4 Å². The molecular weight excluding hydrogens is 342 g/mol. The molecule has 1 amide bonds. The van der Waals surface area contributed by atoms with E-state index in [1.165, 1.54) is 16.9 Å². The van der Waals surface area contributed by atoms with Crippen LogP contribution in [0.1, 0.15) is 47.2 Å². The van der Waals surface area contributed by atoms with E-state index in [2.05, 4.69) is 41.5 Å². The van der Waals surface area contributed by atoms with Crippen LogP contribution in [0.25, 0.3) is 0 Å². The first kappa shape index (κ1) is 20.6. The number of hydrogen-bond donors (Lipinski definition) is 2. The van der Waals surface area contributed by atoms with Crippen LogP contribution in [0.5, 0.6) is 0 Å². The van der Waals surface area contributed by atoms with Crippen LogP contribution >= 0.6 is 23.7 Å². The number of aryl methyl sites for hydroxylation is 1. The fraction of sp³-hybridized carbons (Fsp3) is 0.444. The molecule has 1 unspecified atom stereocenters. The van der Waals surface area contributed by atoms with Crippen molar-refractivity contribution in [2.75, 3.05) is 6.54 Å². The van der Waals surface area contributed by atoms with Gasteiger partial charge in [-0.2, -0.15) is 0 Å². The molecule has 1 atom stereocenters. The largest absolute Gasteiger partial charge is 0.348 e. The van der Waals surface area contributed by atoms with Crippen LogP contribution in [-0.2, 0) is 12.8 Å². The number of carbonyl (C=O) groups is 1. The predicted molar refractivity (Wildman–Crippen MR) is 103 cm³/mol. The average Bonchev–Trinajstić information content (AvgIpc) is 3.03. The fourth-order valence-electron chi connectivity index (χ4n) is 2.54. The van der Waals surface area contributed by atoms with Crippen LogP contribution in [0.3, 0.4) is 0 Å². The molecule has 4 nitrogen and oxygen atoms in total. The molecule has 6 heteroatoms. The number of thiazole rings is 1. The molecule has 0 aliphatic rings. The van der Waals surface area contributed by atoms with Crippen molar-refractivity contribution in [2.24, 2.45) is 5.73 Å². The number of carbonyl (C=O) groups excluding carboxylic acids is 1. The molecule has 2 aromatic rings. The van der Waals surface area contributed by atoms with Crippen molar-refractivity contribution in [1.29, 1.82) is 0 Å². The predicted octanol–water partition coefficient (Wildman–Crippen LogP) is 3.60. The summed E-state index contributed by atoms with van der Waals surface area (Å²) in [4.78, 5) is 16.7. The number of hydrogen-bond acceptors (Lipinski definition) is 4. The van der Waals surface area contributed by atoms with Crippen LogP contribution in [0, 0.1) is 0 Å². The SMILES string of the molecule is CCCC(CCc1ccccc1)NC(=O)c1csc(CCN)n1.Cl. The third-order valence-corrected chi connectivity index (χ3v) is 4.65. The Morgan fingerprint density at radius 3 is 2.67 bits per heavy atom. The molecule has 1 heterocycles. The average molecular weight is 368 g/mol. The van der Waals surface area contributed by atoms with Crippen molar-refractivity contribution in [2.45, 2.75) is 45.1 Å². The normalized spacial score (nSPS) is 11.6. The number of amides is 1. The zero-order valence-corrected chi connectivity index (χ0v) is 15.7. The molecule has 2 rings (SSSR count). The highest BCUT2D eigenvalue weighted by Crippen LogP contribution is 2.13. The van der Waals surface area contributed by atoms with Gasteiger partial charge in [0.15, 0.2) is 0 Å². The maximum Gasteiger partial charge on any atom is 0.270 e. The van der Waals surface area contributed by atoms with Gasteiger partial charge >= 0.3 is 0 Å². The van der Waals surface area contributed by atoms with Gasteiger partial charge in [0.05, 0.1) is 5.01 Å². The van der Waals surface area contributed by atoms with Gasteiger partial charge in [-0.05, 0) is 31.4 Å². The van der Waals surface area contributed by atoms with Gasteiger partial charge in [-0.25, -0.2) is 4.98 Å². The molecule has 0 saturated heterocycles. The van der Waals surface area contributed by atoms with Crippen LogP contribution < -0.4 is 11.1 Å². The van der Waals surface area contributed by atoms with Gasteiger partial charge in [-0.3, -0.25) is 4.79 Å². The van der Waals surface area contributed by atoms with E-state index in [0.29, 0.717) is 12.2 Å². The first-order chi connectivity index (χ1) is 11.2. The summed E-state index contributed by atoms with van der Waals surface area (Å²) in [5.41, 5.74) is 7.35. The highest BCUT2D eigenvalue weighted by molar-refractivity contribution is 7.09. The number of rotatable bonds is 9. The number of nitrogens with two attached hydrogens (primary N) is 1. The lowest BCUT2D eigenvalue weighted by Gasteiger charge is -2.17. The molecule has 0 radical (unpaired) electrons. The third kappa shape index (κ3) is 6.59. The molecular formula is C18H26ClN3OS. The Morgan fingerprint density at radius 2 is 2.00 bits per heavy atom. The molecule has 3 N–H and O–H groups in total. The number of aromatic nitrogens is 1. The maximum absolute atomic E-state index is 12.4. The Hall–Kier alpha value is -1.43. The Morgan fingerprint density at radius 1 is 1.25 bits per heavy atom. The summed E-state index contributed by atoms with van der Waals surface area (Å²) in [5.74, 6) is -0.0731. The summed E-state index contributed by atoms with van der Waals surface area (Å²) in [6, 6.07) is 10.6. The number of nitrogens with zero attached hydrogens (tertiary/aromatic N) is 1. The highest BCUT2D eigenvalue weighted by atomic mass is 35.5. The van der Waals surface area contributed by atoms with Crippen LogP contribution in [0.4, 0.5) is 0 Å². The van der Waals surface area contributed by atoms with E-state index < -0.39 is 0 Å². The third-order valence-electron chi connectivity index (χ3n) is 3.74. The van der Waals surface area contributed by atoms with Gasteiger partial charge in [0, 0.05) is 17.8 Å². The molecule has 0 aliphatic heterocycles. The number of nitrogens with one attached hydrogen (secondary N) is 1. The number of halogens is 1. The zero-order chi connectivity index (χ0) is 16.5. The molecule has 0 spiro atoms. The molecule has 0 saturated carbocycles. The van der Waals surface area contributed by atoms with Gasteiger partial charge < -0.3 is 11.1 Å². The topological polar surface area (TPSA) is 68.0 Å². The van der Waals surface area contributed by atoms with Gasteiger partial charge in [-0.15, -0.1) is 23.7 Å². The van der Waals surface area contributed by atoms with E-state index in [0.717, 1.165) is 37.1 Å². The van der Waals surface area contributed by atoms with Crippen LogP contribution in [0.2, 0.25) is 0 Å². The van der Waals surface area contributed by atoms with Crippen molar-refractivity contribution in [3.05, 3.63) is 52.0 Å². The first-order valence-corrected chi connectivity index (χ1v) is 9.10. The van der Waals surface area contributed by atoms with E-state index >= 15 is 0 Å². The smallest absolute Gasteiger partial charge is 0.270 e. The summed E-state index contributed by atoms with van der Waals surface area (Å²) in [7, 11) is 0. The zero-order valence-electron chi connectivity index (χ0n) is 14.0. The van der Waals surface area contributed by atoms with Crippen molar-refractivity contribution < 1.29 is 4.79 Å². The van der Waals surface area contributed by atoms with Crippen molar-refractivity contribution >= 4 is 29.7 Å². The Bertz CT molecular complexity index is 603. The summed E-state index contributed by atoms with van der Waals surface area (Å²) >= 11 is 1.50. The molecule has 1 aromatic carbocycles. The molecule has 0 fully saturated rings. The highest BCUT2D eigenvalue weighted by Gasteiger charge is 2.15. The van der Waals surface area contributed by atoms with Crippen molar-refractivity contribution in [1.82, 2.24) is 10.3 Å². The number of benzene rings is 1. The standard InChI is InChI=1S/C18H25N3OS.ClH/c1-2-6-15(10-9-14-7-4-3-5-8-14)20-18(22)16-13-23-17(21-16)11-12-19;/h3-5,7-8,13,15H,2,6,9-12,19H2,1H3,(H,20,22);1H. The van der Waals surface area contributed by atoms with Gasteiger partial charge in [0.1, 0.15) is 5.69 Å². The van der Waals surface area contributed by atoms with Crippen LogP contribution in [0.15, 0.2) is 35.7 Å². The Labute approximate surface area is 154 Å². The summed E-state index contributed by atoms with van der Waals surface area (Å²) < 4.78 is 0. The molecule has 24 heavy (non-hydrogen) atoms. The van der Waals surface area contributed by atoms with Crippen molar-refractivity contribution in [3.8, 4) is 0 Å². The van der Waals surface area contributed by atoms with Gasteiger partial charge in [-0.1, -0.05) is 43.7 Å². The monoisotopic (exact) mass is 367 g/mol. The van der Waals surface area contributed by atoms with E-state index in [9.17, 15) is 4.79 Å². The Kier molecular flexibility index (Phi) is 9.60. The quantitative estimate of drug-likeness (QED) is 0.711. The van der Waals surface area contributed by atoms with Crippen molar-refractivity contribution in [3.63, 3.8) is 0 Å². The van der Waals surface area contributed by atoms with Gasteiger partial charge in [0.2, 0.25) is 0 Å². The summed E-state index contributed by atoms with van der Waals surface area (Å²) in [6.45, 7) is 2.70. The lowest BCUT2D eigenvalue weighted by molar-refractivity contribution is 0.0928. The summed E-state index contributed by atoms with van der Waals surface area (Å²) in [5, 5.41) is 5.88. The second kappa shape index (κ2) is 11.2. The lowest BCUT2D eigenvalue weighted by atomic mass is 10.0. The first-order valence-electron chi connectivity index (χ1n) is 8.22. The van der Waals surface area contributed by atoms with Crippen LogP contribution in [-0.4, -0.2) is 23.5 Å². The van der Waals surface area contributed by atoms with E-state index in [1.54, 1.807) is 0 Å². The minimum atomic E-state index is -0.0731. The molecule has 0 bridgehead atoms. The molecule has 0 aliphatic carbocycles. The maximum atomic E-state index is 12.4. The second-order valence-corrected chi connectivity index (χ2v) is 6.59. The van der Waals surface area contributed by atoms with E-state index in [1.807, 2.05) is 11.4 Å². The fourth-order valence-corrected chi connectivity index (χ4v) is 3.33. The van der Waals surface area contributed by atoms with E-state index in [4.69, 9.17) is 5.73 Å². The van der Waals surface area contributed by atoms with Gasteiger partial charge in [0.25, 0.3) is 5.91 Å². The summed E-state index contributed by atoms with van der Waals surface area (Å²) in [6.07, 6.45) is 4.68. The molecule has 132 valence electrons. The Balaban J connectivity index is 0.00000288. The molecule has 1 aromatic heterocycles.